The SMILES string of the molecule is COc1cc(C)c(-c2cccc3c2OCC3)cc1N. The maximum atomic E-state index is 6.02. The van der Waals surface area contributed by atoms with Crippen molar-refractivity contribution in [2.24, 2.45) is 0 Å². The van der Waals surface area contributed by atoms with Crippen LogP contribution in [0.4, 0.5) is 5.69 Å². The number of aryl methyl sites for hydroxylation is 1. The topological polar surface area (TPSA) is 44.5 Å². The number of rotatable bonds is 2. The van der Waals surface area contributed by atoms with Crippen LogP contribution in [0.3, 0.4) is 0 Å². The van der Waals surface area contributed by atoms with Crippen LogP contribution in [0, 0.1) is 6.92 Å². The molecule has 0 saturated heterocycles. The number of nitrogens with two attached hydrogens (primary N) is 1. The van der Waals surface area contributed by atoms with E-state index in [9.17, 15) is 0 Å². The summed E-state index contributed by atoms with van der Waals surface area (Å²) in [6.45, 7) is 2.82. The summed E-state index contributed by atoms with van der Waals surface area (Å²) in [6.07, 6.45) is 0.980. The van der Waals surface area contributed by atoms with Gasteiger partial charge in [0.05, 0.1) is 19.4 Å². The van der Waals surface area contributed by atoms with Crippen LogP contribution in [0.25, 0.3) is 11.1 Å². The Bertz CT molecular complexity index is 635. The van der Waals surface area contributed by atoms with Crippen molar-refractivity contribution in [1.82, 2.24) is 0 Å². The molecule has 3 rings (SSSR count). The molecule has 1 aliphatic heterocycles. The average molecular weight is 255 g/mol. The fraction of sp³-hybridized carbons (Fsp3) is 0.250. The Labute approximate surface area is 113 Å². The standard InChI is InChI=1S/C16H17NO2/c1-10-8-15(18-2)14(17)9-13(10)12-5-3-4-11-6-7-19-16(11)12/h3-5,8-9H,6-7,17H2,1-2H3. The van der Waals surface area contributed by atoms with Gasteiger partial charge < -0.3 is 15.2 Å². The van der Waals surface area contributed by atoms with Gasteiger partial charge in [-0.15, -0.1) is 0 Å². The predicted octanol–water partition coefficient (Wildman–Crippen LogP) is 3.19. The molecule has 2 aromatic rings. The maximum absolute atomic E-state index is 6.02. The van der Waals surface area contributed by atoms with Crippen molar-refractivity contribution >= 4 is 5.69 Å². The number of hydrogen-bond acceptors (Lipinski definition) is 3. The van der Waals surface area contributed by atoms with Crippen LogP contribution in [-0.2, 0) is 6.42 Å². The van der Waals surface area contributed by atoms with Crippen LogP contribution in [0.1, 0.15) is 11.1 Å². The minimum absolute atomic E-state index is 0.652. The molecule has 2 aromatic carbocycles. The summed E-state index contributed by atoms with van der Waals surface area (Å²) >= 11 is 0. The van der Waals surface area contributed by atoms with Crippen molar-refractivity contribution < 1.29 is 9.47 Å². The zero-order valence-electron chi connectivity index (χ0n) is 11.2. The summed E-state index contributed by atoms with van der Waals surface area (Å²) in [6, 6.07) is 10.2. The lowest BCUT2D eigenvalue weighted by atomic mass is 9.96. The molecule has 0 aliphatic carbocycles. The largest absolute Gasteiger partial charge is 0.495 e. The van der Waals surface area contributed by atoms with E-state index in [0.717, 1.165) is 41.2 Å². The van der Waals surface area contributed by atoms with Gasteiger partial charge in [-0.2, -0.15) is 0 Å². The Morgan fingerprint density at radius 3 is 2.84 bits per heavy atom. The first-order chi connectivity index (χ1) is 9.20. The van der Waals surface area contributed by atoms with E-state index < -0.39 is 0 Å². The first kappa shape index (κ1) is 11.9. The second kappa shape index (κ2) is 4.50. The number of benzene rings is 2. The highest BCUT2D eigenvalue weighted by Crippen LogP contribution is 2.40. The molecular weight excluding hydrogens is 238 g/mol. The van der Waals surface area contributed by atoms with Gasteiger partial charge in [-0.05, 0) is 35.7 Å². The minimum atomic E-state index is 0.652. The molecule has 0 radical (unpaired) electrons. The zero-order valence-corrected chi connectivity index (χ0v) is 11.2. The average Bonchev–Trinajstić information content (AvgIpc) is 2.89. The van der Waals surface area contributed by atoms with Crippen LogP contribution in [0.15, 0.2) is 30.3 Å². The molecule has 0 atom stereocenters. The summed E-state index contributed by atoms with van der Waals surface area (Å²) in [5.74, 6) is 1.71. The van der Waals surface area contributed by atoms with Gasteiger partial charge in [-0.3, -0.25) is 0 Å². The molecule has 0 aromatic heterocycles. The predicted molar refractivity (Wildman–Crippen MR) is 76.8 cm³/mol. The van der Waals surface area contributed by atoms with Crippen LogP contribution in [0.2, 0.25) is 0 Å². The molecule has 0 amide bonds. The van der Waals surface area contributed by atoms with Crippen molar-refractivity contribution in [2.45, 2.75) is 13.3 Å². The second-order valence-corrected chi connectivity index (χ2v) is 4.80. The van der Waals surface area contributed by atoms with Crippen LogP contribution < -0.4 is 15.2 Å². The van der Waals surface area contributed by atoms with E-state index in [1.807, 2.05) is 12.1 Å². The van der Waals surface area contributed by atoms with Gasteiger partial charge in [0.25, 0.3) is 0 Å². The van der Waals surface area contributed by atoms with Crippen LogP contribution in [0.5, 0.6) is 11.5 Å². The molecule has 1 aliphatic rings. The molecule has 2 N–H and O–H groups in total. The number of methoxy groups -OCH3 is 1. The third-order valence-corrected chi connectivity index (χ3v) is 3.58. The molecule has 3 heteroatoms. The van der Waals surface area contributed by atoms with E-state index >= 15 is 0 Å². The molecular formula is C16H17NO2. The second-order valence-electron chi connectivity index (χ2n) is 4.80. The first-order valence-electron chi connectivity index (χ1n) is 6.40. The summed E-state index contributed by atoms with van der Waals surface area (Å²) in [5, 5.41) is 0. The fourth-order valence-electron chi connectivity index (χ4n) is 2.59. The Morgan fingerprint density at radius 1 is 1.21 bits per heavy atom. The van der Waals surface area contributed by atoms with Crippen molar-refractivity contribution in [3.8, 4) is 22.6 Å². The van der Waals surface area contributed by atoms with Gasteiger partial charge in [-0.1, -0.05) is 18.2 Å². The Balaban J connectivity index is 2.18. The van der Waals surface area contributed by atoms with Gasteiger partial charge in [0, 0.05) is 12.0 Å². The molecule has 0 fully saturated rings. The van der Waals surface area contributed by atoms with Crippen molar-refractivity contribution in [3.63, 3.8) is 0 Å². The smallest absolute Gasteiger partial charge is 0.142 e. The lowest BCUT2D eigenvalue weighted by molar-refractivity contribution is 0.358. The van der Waals surface area contributed by atoms with Gasteiger partial charge in [0.2, 0.25) is 0 Å². The van der Waals surface area contributed by atoms with E-state index in [2.05, 4.69) is 25.1 Å². The maximum Gasteiger partial charge on any atom is 0.142 e. The molecule has 0 saturated carbocycles. The van der Waals surface area contributed by atoms with Crippen LogP contribution in [-0.4, -0.2) is 13.7 Å². The first-order valence-corrected chi connectivity index (χ1v) is 6.40. The number of hydrogen-bond donors (Lipinski definition) is 1. The highest BCUT2D eigenvalue weighted by molar-refractivity contribution is 5.79. The highest BCUT2D eigenvalue weighted by atomic mass is 16.5. The number of anilines is 1. The normalized spacial score (nSPS) is 12.9. The number of ether oxygens (including phenoxy) is 2. The molecule has 1 heterocycles. The molecule has 0 unspecified atom stereocenters. The molecule has 3 nitrogen and oxygen atoms in total. The lowest BCUT2D eigenvalue weighted by Gasteiger charge is -2.13. The van der Waals surface area contributed by atoms with Crippen molar-refractivity contribution in [3.05, 3.63) is 41.5 Å². The van der Waals surface area contributed by atoms with E-state index in [4.69, 9.17) is 15.2 Å². The van der Waals surface area contributed by atoms with E-state index in [1.165, 1.54) is 5.56 Å². The Kier molecular flexibility index (Phi) is 2.82. The monoisotopic (exact) mass is 255 g/mol. The van der Waals surface area contributed by atoms with Gasteiger partial charge in [-0.25, -0.2) is 0 Å². The number of fused-ring (bicyclic) bond motifs is 1. The number of nitrogen functional groups attached to an aromatic ring is 1. The number of para-hydroxylation sites is 1. The van der Waals surface area contributed by atoms with Crippen LogP contribution >= 0.6 is 0 Å². The minimum Gasteiger partial charge on any atom is -0.495 e. The summed E-state index contributed by atoms with van der Waals surface area (Å²) < 4.78 is 11.0. The summed E-state index contributed by atoms with van der Waals surface area (Å²) in [7, 11) is 1.63. The third kappa shape index (κ3) is 1.91. The molecule has 98 valence electrons. The van der Waals surface area contributed by atoms with Crippen molar-refractivity contribution in [2.75, 3.05) is 19.5 Å². The third-order valence-electron chi connectivity index (χ3n) is 3.58. The fourth-order valence-corrected chi connectivity index (χ4v) is 2.59. The summed E-state index contributed by atoms with van der Waals surface area (Å²) in [5.41, 5.74) is 11.3. The van der Waals surface area contributed by atoms with E-state index in [0.29, 0.717) is 5.69 Å². The Hall–Kier alpha value is -2.16. The lowest BCUT2D eigenvalue weighted by Crippen LogP contribution is -1.96. The van der Waals surface area contributed by atoms with E-state index in [1.54, 1.807) is 7.11 Å². The van der Waals surface area contributed by atoms with E-state index in [-0.39, 0.29) is 0 Å². The quantitative estimate of drug-likeness (QED) is 0.838. The highest BCUT2D eigenvalue weighted by Gasteiger charge is 2.18. The molecule has 0 bridgehead atoms. The van der Waals surface area contributed by atoms with Gasteiger partial charge in [0.1, 0.15) is 11.5 Å². The van der Waals surface area contributed by atoms with Gasteiger partial charge >= 0.3 is 0 Å². The summed E-state index contributed by atoms with van der Waals surface area (Å²) in [4.78, 5) is 0. The van der Waals surface area contributed by atoms with Gasteiger partial charge in [0.15, 0.2) is 0 Å². The zero-order chi connectivity index (χ0) is 13.4. The van der Waals surface area contributed by atoms with Crippen molar-refractivity contribution in [1.29, 1.82) is 0 Å². The Morgan fingerprint density at radius 2 is 2.05 bits per heavy atom. The molecule has 0 spiro atoms. The molecule has 19 heavy (non-hydrogen) atoms.